The number of hydrogen-bond donors (Lipinski definition) is 3. The molecule has 0 spiro atoms. The van der Waals surface area contributed by atoms with Gasteiger partial charge in [0.1, 0.15) is 11.4 Å². The molecule has 23 heavy (non-hydrogen) atoms. The van der Waals surface area contributed by atoms with Crippen LogP contribution >= 0.6 is 0 Å². The molecule has 0 atom stereocenters. The monoisotopic (exact) mass is 314 g/mol. The smallest absolute Gasteiger partial charge is 0.306 e. The van der Waals surface area contributed by atoms with Crippen molar-refractivity contribution in [3.8, 4) is 11.4 Å². The minimum atomic E-state index is -0.747. The van der Waals surface area contributed by atoms with Crippen molar-refractivity contribution < 1.29 is 14.7 Å². The summed E-state index contributed by atoms with van der Waals surface area (Å²) in [5.41, 5.74) is 1.70. The average Bonchev–Trinajstić information content (AvgIpc) is 3.06. The standard InChI is InChI=1S/C16H18N4O3/c21-15(18-11-6-4-10(5-7-11)16(22)23)14-9-13(19-20-14)12-3-1-2-8-17-12/h1-3,8-11H,4-7H2,(H,18,21)(H,19,20)(H,22,23). The Morgan fingerprint density at radius 2 is 1.96 bits per heavy atom. The summed E-state index contributed by atoms with van der Waals surface area (Å²) in [6, 6.07) is 7.18. The first kappa shape index (κ1) is 15.2. The first-order valence-electron chi connectivity index (χ1n) is 7.64. The molecular formula is C16H18N4O3. The number of pyridine rings is 1. The number of carbonyl (C=O) groups excluding carboxylic acids is 1. The first-order valence-corrected chi connectivity index (χ1v) is 7.64. The molecule has 1 aliphatic rings. The lowest BCUT2D eigenvalue weighted by molar-refractivity contribution is -0.142. The highest BCUT2D eigenvalue weighted by Gasteiger charge is 2.27. The van der Waals surface area contributed by atoms with E-state index in [9.17, 15) is 9.59 Å². The number of nitrogens with one attached hydrogen (secondary N) is 2. The molecule has 1 fully saturated rings. The Morgan fingerprint density at radius 1 is 1.17 bits per heavy atom. The van der Waals surface area contributed by atoms with Crippen molar-refractivity contribution in [2.75, 3.05) is 0 Å². The molecule has 0 unspecified atom stereocenters. The van der Waals surface area contributed by atoms with Gasteiger partial charge in [-0.15, -0.1) is 0 Å². The predicted octanol–water partition coefficient (Wildman–Crippen LogP) is 1.84. The molecule has 7 nitrogen and oxygen atoms in total. The summed E-state index contributed by atoms with van der Waals surface area (Å²) in [4.78, 5) is 27.4. The van der Waals surface area contributed by atoms with E-state index in [-0.39, 0.29) is 17.9 Å². The maximum atomic E-state index is 12.3. The molecule has 3 N–H and O–H groups in total. The molecule has 0 bridgehead atoms. The molecular weight excluding hydrogens is 296 g/mol. The number of aliphatic carboxylic acids is 1. The van der Waals surface area contributed by atoms with Crippen molar-refractivity contribution in [1.82, 2.24) is 20.5 Å². The minimum absolute atomic E-state index is 0.0136. The van der Waals surface area contributed by atoms with E-state index >= 15 is 0 Å². The zero-order chi connectivity index (χ0) is 16.2. The Balaban J connectivity index is 1.59. The van der Waals surface area contributed by atoms with Gasteiger partial charge in [-0.2, -0.15) is 5.10 Å². The van der Waals surface area contributed by atoms with Crippen molar-refractivity contribution in [2.45, 2.75) is 31.7 Å². The fourth-order valence-corrected chi connectivity index (χ4v) is 2.83. The van der Waals surface area contributed by atoms with Gasteiger partial charge in [0.25, 0.3) is 5.91 Å². The number of hydrogen-bond acceptors (Lipinski definition) is 4. The number of H-pyrrole nitrogens is 1. The Labute approximate surface area is 133 Å². The fraction of sp³-hybridized carbons (Fsp3) is 0.375. The normalized spacial score (nSPS) is 20.9. The lowest BCUT2D eigenvalue weighted by Gasteiger charge is -2.26. The van der Waals surface area contributed by atoms with Gasteiger partial charge in [-0.1, -0.05) is 6.07 Å². The number of carboxylic acid groups (broad SMARTS) is 1. The van der Waals surface area contributed by atoms with Crippen LogP contribution in [0.25, 0.3) is 11.4 Å². The van der Waals surface area contributed by atoms with Crippen molar-refractivity contribution in [2.24, 2.45) is 5.92 Å². The number of aromatic nitrogens is 3. The third-order valence-corrected chi connectivity index (χ3v) is 4.16. The largest absolute Gasteiger partial charge is 0.481 e. The summed E-state index contributed by atoms with van der Waals surface area (Å²) in [5.74, 6) is -1.26. The van der Waals surface area contributed by atoms with Gasteiger partial charge in [0.05, 0.1) is 11.6 Å². The average molecular weight is 314 g/mol. The summed E-state index contributed by atoms with van der Waals surface area (Å²) >= 11 is 0. The van der Waals surface area contributed by atoms with E-state index < -0.39 is 5.97 Å². The van der Waals surface area contributed by atoms with Crippen LogP contribution in [0.2, 0.25) is 0 Å². The van der Waals surface area contributed by atoms with Crippen LogP contribution in [0.1, 0.15) is 36.2 Å². The molecule has 2 aromatic heterocycles. The van der Waals surface area contributed by atoms with Crippen molar-refractivity contribution >= 4 is 11.9 Å². The van der Waals surface area contributed by atoms with Crippen LogP contribution in [0.3, 0.4) is 0 Å². The summed E-state index contributed by atoms with van der Waals surface area (Å²) < 4.78 is 0. The number of carbonyl (C=O) groups is 2. The van der Waals surface area contributed by atoms with Crippen molar-refractivity contribution in [1.29, 1.82) is 0 Å². The van der Waals surface area contributed by atoms with Gasteiger partial charge in [0.2, 0.25) is 0 Å². The number of amides is 1. The number of aromatic amines is 1. The molecule has 0 radical (unpaired) electrons. The zero-order valence-corrected chi connectivity index (χ0v) is 12.5. The second-order valence-corrected chi connectivity index (χ2v) is 5.74. The van der Waals surface area contributed by atoms with E-state index in [2.05, 4.69) is 20.5 Å². The van der Waals surface area contributed by atoms with Gasteiger partial charge in [0, 0.05) is 12.2 Å². The van der Waals surface area contributed by atoms with Crippen LogP contribution in [0.4, 0.5) is 0 Å². The van der Waals surface area contributed by atoms with Crippen LogP contribution in [0.15, 0.2) is 30.5 Å². The molecule has 1 saturated carbocycles. The summed E-state index contributed by atoms with van der Waals surface area (Å²) in [6.45, 7) is 0. The molecule has 1 amide bonds. The molecule has 0 aliphatic heterocycles. The van der Waals surface area contributed by atoms with E-state index in [1.54, 1.807) is 12.3 Å². The van der Waals surface area contributed by atoms with Crippen LogP contribution < -0.4 is 5.32 Å². The highest BCUT2D eigenvalue weighted by Crippen LogP contribution is 2.24. The predicted molar refractivity (Wildman–Crippen MR) is 82.7 cm³/mol. The maximum Gasteiger partial charge on any atom is 0.306 e. The van der Waals surface area contributed by atoms with Gasteiger partial charge >= 0.3 is 5.97 Å². The Kier molecular flexibility index (Phi) is 4.36. The van der Waals surface area contributed by atoms with Gasteiger partial charge in [-0.3, -0.25) is 19.7 Å². The Morgan fingerprint density at radius 3 is 2.61 bits per heavy atom. The first-order chi connectivity index (χ1) is 11.1. The molecule has 120 valence electrons. The van der Waals surface area contributed by atoms with Gasteiger partial charge in [0.15, 0.2) is 0 Å². The van der Waals surface area contributed by atoms with Crippen LogP contribution in [0.5, 0.6) is 0 Å². The zero-order valence-electron chi connectivity index (χ0n) is 12.5. The summed E-state index contributed by atoms with van der Waals surface area (Å²) in [5, 5.41) is 18.8. The third-order valence-electron chi connectivity index (χ3n) is 4.16. The molecule has 2 aromatic rings. The number of rotatable bonds is 4. The lowest BCUT2D eigenvalue weighted by Crippen LogP contribution is -2.38. The van der Waals surface area contributed by atoms with E-state index in [0.29, 0.717) is 42.8 Å². The van der Waals surface area contributed by atoms with Gasteiger partial charge in [-0.25, -0.2) is 0 Å². The topological polar surface area (TPSA) is 108 Å². The highest BCUT2D eigenvalue weighted by molar-refractivity contribution is 5.93. The van der Waals surface area contributed by atoms with Crippen LogP contribution in [-0.2, 0) is 4.79 Å². The highest BCUT2D eigenvalue weighted by atomic mass is 16.4. The molecule has 3 rings (SSSR count). The molecule has 7 heteroatoms. The third kappa shape index (κ3) is 3.56. The Hall–Kier alpha value is -2.70. The van der Waals surface area contributed by atoms with Crippen molar-refractivity contribution in [3.05, 3.63) is 36.2 Å². The fourth-order valence-electron chi connectivity index (χ4n) is 2.83. The lowest BCUT2D eigenvalue weighted by atomic mass is 9.86. The summed E-state index contributed by atoms with van der Waals surface area (Å²) in [7, 11) is 0. The van der Waals surface area contributed by atoms with Gasteiger partial charge in [-0.05, 0) is 43.9 Å². The molecule has 1 aliphatic carbocycles. The SMILES string of the molecule is O=C(NC1CCC(C(=O)O)CC1)c1cc(-c2ccccn2)n[nH]1. The minimum Gasteiger partial charge on any atom is -0.481 e. The Bertz CT molecular complexity index is 690. The van der Waals surface area contributed by atoms with Crippen LogP contribution in [0, 0.1) is 5.92 Å². The summed E-state index contributed by atoms with van der Waals surface area (Å²) in [6.07, 6.45) is 4.24. The van der Waals surface area contributed by atoms with E-state index in [0.717, 1.165) is 0 Å². The number of nitrogens with zero attached hydrogens (tertiary/aromatic N) is 2. The van der Waals surface area contributed by atoms with Crippen molar-refractivity contribution in [3.63, 3.8) is 0 Å². The number of carboxylic acids is 1. The van der Waals surface area contributed by atoms with E-state index in [4.69, 9.17) is 5.11 Å². The quantitative estimate of drug-likeness (QED) is 0.798. The van der Waals surface area contributed by atoms with Gasteiger partial charge < -0.3 is 10.4 Å². The molecule has 2 heterocycles. The second kappa shape index (κ2) is 6.60. The molecule has 0 aromatic carbocycles. The molecule has 0 saturated heterocycles. The maximum absolute atomic E-state index is 12.3. The van der Waals surface area contributed by atoms with E-state index in [1.807, 2.05) is 18.2 Å². The van der Waals surface area contributed by atoms with E-state index in [1.165, 1.54) is 0 Å². The van der Waals surface area contributed by atoms with Crippen LogP contribution in [-0.4, -0.2) is 38.2 Å². The second-order valence-electron chi connectivity index (χ2n) is 5.74.